The van der Waals surface area contributed by atoms with Crippen molar-refractivity contribution >= 4 is 11.6 Å². The molecule has 0 bridgehead atoms. The van der Waals surface area contributed by atoms with Gasteiger partial charge in [0.1, 0.15) is 18.0 Å². The number of carbonyl (C=O) groups is 1. The van der Waals surface area contributed by atoms with E-state index in [1.54, 1.807) is 7.11 Å². The molecule has 144 valence electrons. The molecular formula is C22H28N2O3. The highest BCUT2D eigenvalue weighted by Crippen LogP contribution is 2.38. The summed E-state index contributed by atoms with van der Waals surface area (Å²) in [4.78, 5) is 15.1. The number of carbonyl (C=O) groups excluding carboxylic acids is 1. The predicted molar refractivity (Wildman–Crippen MR) is 107 cm³/mol. The second-order valence-corrected chi connectivity index (χ2v) is 6.92. The van der Waals surface area contributed by atoms with Gasteiger partial charge in [0.25, 0.3) is 5.91 Å². The molecule has 0 saturated heterocycles. The first-order valence-electron chi connectivity index (χ1n) is 9.51. The highest BCUT2D eigenvalue weighted by Gasteiger charge is 2.41. The first-order chi connectivity index (χ1) is 13.1. The SMILES string of the molecule is CCCCN1C(=O)c2ccccc2NC1(C)c1ccc(OCCOC)cc1. The number of nitrogens with one attached hydrogen (secondary N) is 1. The van der Waals surface area contributed by atoms with Crippen molar-refractivity contribution in [2.24, 2.45) is 0 Å². The number of methoxy groups -OCH3 is 1. The molecule has 27 heavy (non-hydrogen) atoms. The van der Waals surface area contributed by atoms with Crippen LogP contribution in [0.4, 0.5) is 5.69 Å². The molecule has 5 heteroatoms. The van der Waals surface area contributed by atoms with E-state index >= 15 is 0 Å². The zero-order chi connectivity index (χ0) is 19.3. The Morgan fingerprint density at radius 3 is 2.52 bits per heavy atom. The number of hydrogen-bond donors (Lipinski definition) is 1. The van der Waals surface area contributed by atoms with E-state index in [1.807, 2.05) is 53.4 Å². The molecule has 5 nitrogen and oxygen atoms in total. The van der Waals surface area contributed by atoms with Gasteiger partial charge in [-0.25, -0.2) is 0 Å². The monoisotopic (exact) mass is 368 g/mol. The van der Waals surface area contributed by atoms with Crippen LogP contribution >= 0.6 is 0 Å². The van der Waals surface area contributed by atoms with E-state index in [9.17, 15) is 4.79 Å². The summed E-state index contributed by atoms with van der Waals surface area (Å²) < 4.78 is 10.7. The summed E-state index contributed by atoms with van der Waals surface area (Å²) in [6.45, 7) is 5.98. The van der Waals surface area contributed by atoms with Crippen molar-refractivity contribution in [1.29, 1.82) is 0 Å². The fraction of sp³-hybridized carbons (Fsp3) is 0.409. The van der Waals surface area contributed by atoms with Gasteiger partial charge in [-0.15, -0.1) is 0 Å². The van der Waals surface area contributed by atoms with Crippen LogP contribution in [-0.2, 0) is 10.4 Å². The smallest absolute Gasteiger partial charge is 0.258 e. The minimum atomic E-state index is -0.605. The van der Waals surface area contributed by atoms with Crippen molar-refractivity contribution in [3.63, 3.8) is 0 Å². The van der Waals surface area contributed by atoms with Gasteiger partial charge in [0.15, 0.2) is 0 Å². The molecule has 0 spiro atoms. The van der Waals surface area contributed by atoms with Crippen LogP contribution in [0.2, 0.25) is 0 Å². The number of ether oxygens (including phenoxy) is 2. The average Bonchev–Trinajstić information content (AvgIpc) is 2.68. The first-order valence-corrected chi connectivity index (χ1v) is 9.51. The zero-order valence-electron chi connectivity index (χ0n) is 16.3. The molecule has 1 amide bonds. The highest BCUT2D eigenvalue weighted by atomic mass is 16.5. The Bertz CT molecular complexity index is 775. The van der Waals surface area contributed by atoms with Crippen LogP contribution < -0.4 is 10.1 Å². The number of benzene rings is 2. The van der Waals surface area contributed by atoms with Crippen LogP contribution in [0.5, 0.6) is 5.75 Å². The summed E-state index contributed by atoms with van der Waals surface area (Å²) in [6.07, 6.45) is 2.00. The molecule has 1 heterocycles. The van der Waals surface area contributed by atoms with Crippen molar-refractivity contribution in [2.45, 2.75) is 32.4 Å². The fourth-order valence-electron chi connectivity index (χ4n) is 3.44. The second-order valence-electron chi connectivity index (χ2n) is 6.92. The third-order valence-electron chi connectivity index (χ3n) is 5.03. The number of anilines is 1. The van der Waals surface area contributed by atoms with E-state index in [2.05, 4.69) is 19.2 Å². The second kappa shape index (κ2) is 8.44. The number of fused-ring (bicyclic) bond motifs is 1. The minimum Gasteiger partial charge on any atom is -0.491 e. The van der Waals surface area contributed by atoms with Gasteiger partial charge in [-0.2, -0.15) is 0 Å². The average molecular weight is 368 g/mol. The molecule has 2 aromatic carbocycles. The third-order valence-corrected chi connectivity index (χ3v) is 5.03. The van der Waals surface area contributed by atoms with Crippen molar-refractivity contribution in [3.05, 3.63) is 59.7 Å². The number of hydrogen-bond acceptors (Lipinski definition) is 4. The molecule has 0 aliphatic carbocycles. The molecule has 3 rings (SSSR count). The van der Waals surface area contributed by atoms with Gasteiger partial charge in [0, 0.05) is 19.3 Å². The molecule has 1 aliphatic heterocycles. The van der Waals surface area contributed by atoms with Gasteiger partial charge >= 0.3 is 0 Å². The first kappa shape index (κ1) is 19.2. The number of para-hydroxylation sites is 1. The zero-order valence-corrected chi connectivity index (χ0v) is 16.3. The minimum absolute atomic E-state index is 0.0701. The summed E-state index contributed by atoms with van der Waals surface area (Å²) in [5.41, 5.74) is 2.02. The van der Waals surface area contributed by atoms with E-state index in [-0.39, 0.29) is 5.91 Å². The Morgan fingerprint density at radius 1 is 1.07 bits per heavy atom. The largest absolute Gasteiger partial charge is 0.491 e. The molecule has 1 aliphatic rings. The molecule has 2 aromatic rings. The number of unbranched alkanes of at least 4 members (excludes halogenated alkanes) is 1. The normalized spacial score (nSPS) is 18.8. The fourth-order valence-corrected chi connectivity index (χ4v) is 3.44. The summed E-state index contributed by atoms with van der Waals surface area (Å²) >= 11 is 0. The van der Waals surface area contributed by atoms with Gasteiger partial charge in [-0.1, -0.05) is 37.6 Å². The van der Waals surface area contributed by atoms with E-state index in [1.165, 1.54) is 0 Å². The van der Waals surface area contributed by atoms with Crippen LogP contribution in [-0.4, -0.2) is 37.7 Å². The van der Waals surface area contributed by atoms with E-state index in [4.69, 9.17) is 9.47 Å². The number of rotatable bonds is 8. The van der Waals surface area contributed by atoms with Crippen LogP contribution in [0.25, 0.3) is 0 Å². The highest BCUT2D eigenvalue weighted by molar-refractivity contribution is 6.02. The maximum absolute atomic E-state index is 13.2. The summed E-state index contributed by atoms with van der Waals surface area (Å²) in [7, 11) is 1.65. The lowest BCUT2D eigenvalue weighted by Crippen LogP contribution is -2.56. The standard InChI is InChI=1S/C22H28N2O3/c1-4-5-14-24-21(25)19-8-6-7-9-20(19)23-22(24,2)17-10-12-18(13-11-17)27-16-15-26-3/h6-13,23H,4-5,14-16H2,1-3H3. The summed E-state index contributed by atoms with van der Waals surface area (Å²) in [5, 5.41) is 3.60. The summed E-state index contributed by atoms with van der Waals surface area (Å²) in [5.74, 6) is 0.864. The third kappa shape index (κ3) is 3.93. The Hall–Kier alpha value is -2.53. The van der Waals surface area contributed by atoms with E-state index < -0.39 is 5.66 Å². The lowest BCUT2D eigenvalue weighted by molar-refractivity contribution is 0.0531. The van der Waals surface area contributed by atoms with E-state index in [0.29, 0.717) is 19.8 Å². The van der Waals surface area contributed by atoms with Gasteiger partial charge in [0.05, 0.1) is 12.2 Å². The van der Waals surface area contributed by atoms with Gasteiger partial charge in [0.2, 0.25) is 0 Å². The molecule has 0 radical (unpaired) electrons. The van der Waals surface area contributed by atoms with Gasteiger partial charge in [-0.05, 0) is 43.2 Å². The Balaban J connectivity index is 1.91. The van der Waals surface area contributed by atoms with Crippen molar-refractivity contribution in [1.82, 2.24) is 4.90 Å². The van der Waals surface area contributed by atoms with Crippen LogP contribution in [0, 0.1) is 0 Å². The summed E-state index contributed by atoms with van der Waals surface area (Å²) in [6, 6.07) is 15.6. The Labute approximate surface area is 161 Å². The van der Waals surface area contributed by atoms with E-state index in [0.717, 1.165) is 35.4 Å². The predicted octanol–water partition coefficient (Wildman–Crippen LogP) is 4.25. The number of nitrogens with zero attached hydrogens (tertiary/aromatic N) is 1. The van der Waals surface area contributed by atoms with Crippen molar-refractivity contribution < 1.29 is 14.3 Å². The van der Waals surface area contributed by atoms with Crippen molar-refractivity contribution in [3.8, 4) is 5.75 Å². The molecular weight excluding hydrogens is 340 g/mol. The molecule has 0 aromatic heterocycles. The van der Waals surface area contributed by atoms with Crippen LogP contribution in [0.3, 0.4) is 0 Å². The van der Waals surface area contributed by atoms with Crippen molar-refractivity contribution in [2.75, 3.05) is 32.2 Å². The Kier molecular flexibility index (Phi) is 6.01. The maximum atomic E-state index is 13.2. The molecule has 0 saturated carbocycles. The molecule has 1 N–H and O–H groups in total. The molecule has 0 fully saturated rings. The van der Waals surface area contributed by atoms with Gasteiger partial charge in [-0.3, -0.25) is 4.79 Å². The van der Waals surface area contributed by atoms with Crippen LogP contribution in [0.1, 0.15) is 42.6 Å². The lowest BCUT2D eigenvalue weighted by Gasteiger charge is -2.47. The lowest BCUT2D eigenvalue weighted by atomic mass is 9.93. The Morgan fingerprint density at radius 2 is 1.81 bits per heavy atom. The topological polar surface area (TPSA) is 50.8 Å². The molecule has 1 atom stereocenters. The number of amides is 1. The maximum Gasteiger partial charge on any atom is 0.258 e. The molecule has 1 unspecified atom stereocenters. The van der Waals surface area contributed by atoms with Crippen LogP contribution in [0.15, 0.2) is 48.5 Å². The van der Waals surface area contributed by atoms with Gasteiger partial charge < -0.3 is 19.7 Å². The quantitative estimate of drug-likeness (QED) is 0.708.